The molecule has 6 heteroatoms. The van der Waals surface area contributed by atoms with E-state index in [2.05, 4.69) is 21.6 Å². The Bertz CT molecular complexity index is 694. The van der Waals surface area contributed by atoms with Gasteiger partial charge in [0.2, 0.25) is 0 Å². The summed E-state index contributed by atoms with van der Waals surface area (Å²) in [5.41, 5.74) is 2.52. The van der Waals surface area contributed by atoms with Gasteiger partial charge in [-0.1, -0.05) is 6.07 Å². The summed E-state index contributed by atoms with van der Waals surface area (Å²) in [5, 5.41) is 29.1. The average molecular weight is 272 g/mol. The van der Waals surface area contributed by atoms with E-state index >= 15 is 0 Å². The number of aromatic nitrogens is 2. The Morgan fingerprint density at radius 2 is 2.10 bits per heavy atom. The third-order valence-electron chi connectivity index (χ3n) is 3.04. The normalized spacial score (nSPS) is 10.1. The molecular weight excluding hydrogens is 259 g/mol. The largest absolute Gasteiger partial charge is 0.505 e. The van der Waals surface area contributed by atoms with Crippen molar-refractivity contribution in [2.24, 2.45) is 0 Å². The van der Waals surface area contributed by atoms with Crippen molar-refractivity contribution in [3.63, 3.8) is 0 Å². The zero-order valence-corrected chi connectivity index (χ0v) is 11.1. The van der Waals surface area contributed by atoms with Crippen LogP contribution in [0.25, 0.3) is 0 Å². The molecule has 1 aromatic carbocycles. The lowest BCUT2D eigenvalue weighted by molar-refractivity contribution is 0.432. The highest BCUT2D eigenvalue weighted by Gasteiger charge is 2.10. The van der Waals surface area contributed by atoms with E-state index in [0.29, 0.717) is 22.6 Å². The maximum atomic E-state index is 13.2. The van der Waals surface area contributed by atoms with Gasteiger partial charge in [-0.2, -0.15) is 10.4 Å². The number of nitriles is 1. The second-order valence-electron chi connectivity index (χ2n) is 4.39. The van der Waals surface area contributed by atoms with Gasteiger partial charge in [-0.3, -0.25) is 0 Å². The Morgan fingerprint density at radius 1 is 1.35 bits per heavy atom. The van der Waals surface area contributed by atoms with E-state index in [-0.39, 0.29) is 6.54 Å². The van der Waals surface area contributed by atoms with Crippen LogP contribution in [0.5, 0.6) is 5.75 Å². The summed E-state index contributed by atoms with van der Waals surface area (Å²) < 4.78 is 13.2. The second-order valence-corrected chi connectivity index (χ2v) is 4.39. The summed E-state index contributed by atoms with van der Waals surface area (Å²) in [5.74, 6) is -0.711. The number of anilines is 1. The maximum absolute atomic E-state index is 13.2. The standard InChI is InChI=1S/C14H13FN4O/c1-8-9(2)18-19-14(11(8)6-16)17-7-10-3-4-13(20)12(15)5-10/h3-5,20H,7H2,1-2H3,(H,17,19). The lowest BCUT2D eigenvalue weighted by atomic mass is 10.1. The van der Waals surface area contributed by atoms with Crippen molar-refractivity contribution < 1.29 is 9.50 Å². The molecule has 0 saturated carbocycles. The molecule has 2 N–H and O–H groups in total. The summed E-state index contributed by atoms with van der Waals surface area (Å²) in [6, 6.07) is 6.18. The molecule has 5 nitrogen and oxygen atoms in total. The number of benzene rings is 1. The Morgan fingerprint density at radius 3 is 2.75 bits per heavy atom. The highest BCUT2D eigenvalue weighted by molar-refractivity contribution is 5.56. The number of nitrogens with zero attached hydrogens (tertiary/aromatic N) is 3. The molecule has 0 unspecified atom stereocenters. The van der Waals surface area contributed by atoms with Gasteiger partial charge in [-0.05, 0) is 37.1 Å². The number of nitrogens with one attached hydrogen (secondary N) is 1. The fourth-order valence-corrected chi connectivity index (χ4v) is 1.72. The minimum absolute atomic E-state index is 0.281. The molecule has 0 aliphatic carbocycles. The van der Waals surface area contributed by atoms with Gasteiger partial charge in [0.15, 0.2) is 17.4 Å². The van der Waals surface area contributed by atoms with Gasteiger partial charge in [-0.25, -0.2) is 4.39 Å². The Balaban J connectivity index is 2.21. The number of halogens is 1. The fraction of sp³-hybridized carbons (Fsp3) is 0.214. The number of aromatic hydroxyl groups is 1. The van der Waals surface area contributed by atoms with Crippen molar-refractivity contribution >= 4 is 5.82 Å². The molecule has 0 bridgehead atoms. The van der Waals surface area contributed by atoms with Crippen molar-refractivity contribution in [1.82, 2.24) is 10.2 Å². The van der Waals surface area contributed by atoms with Crippen LogP contribution < -0.4 is 5.32 Å². The summed E-state index contributed by atoms with van der Waals surface area (Å²) in [4.78, 5) is 0. The molecule has 0 atom stereocenters. The Kier molecular flexibility index (Phi) is 3.80. The number of rotatable bonds is 3. The van der Waals surface area contributed by atoms with E-state index in [0.717, 1.165) is 5.56 Å². The molecule has 0 spiro atoms. The monoisotopic (exact) mass is 272 g/mol. The van der Waals surface area contributed by atoms with Gasteiger partial charge in [0.25, 0.3) is 0 Å². The van der Waals surface area contributed by atoms with Crippen LogP contribution >= 0.6 is 0 Å². The predicted octanol–water partition coefficient (Wildman–Crippen LogP) is 2.42. The summed E-state index contributed by atoms with van der Waals surface area (Å²) in [7, 11) is 0. The summed E-state index contributed by atoms with van der Waals surface area (Å²) >= 11 is 0. The molecule has 2 aromatic rings. The van der Waals surface area contributed by atoms with Gasteiger partial charge in [0.1, 0.15) is 11.6 Å². The van der Waals surface area contributed by atoms with E-state index in [1.807, 2.05) is 0 Å². The summed E-state index contributed by atoms with van der Waals surface area (Å²) in [6.07, 6.45) is 0. The Labute approximate surface area is 115 Å². The molecule has 0 radical (unpaired) electrons. The van der Waals surface area contributed by atoms with Crippen LogP contribution in [0.4, 0.5) is 10.2 Å². The van der Waals surface area contributed by atoms with Gasteiger partial charge in [-0.15, -0.1) is 5.10 Å². The third-order valence-corrected chi connectivity index (χ3v) is 3.04. The SMILES string of the molecule is Cc1nnc(NCc2ccc(O)c(F)c2)c(C#N)c1C. The molecule has 0 aliphatic rings. The van der Waals surface area contributed by atoms with Crippen molar-refractivity contribution in [2.45, 2.75) is 20.4 Å². The number of hydrogen-bond acceptors (Lipinski definition) is 5. The van der Waals surface area contributed by atoms with Crippen LogP contribution in [0.3, 0.4) is 0 Å². The van der Waals surface area contributed by atoms with Crippen LogP contribution in [0.1, 0.15) is 22.4 Å². The number of phenolic OH excluding ortho intramolecular Hbond substituents is 1. The maximum Gasteiger partial charge on any atom is 0.167 e. The van der Waals surface area contributed by atoms with Crippen LogP contribution in [-0.4, -0.2) is 15.3 Å². The second kappa shape index (κ2) is 5.53. The molecule has 102 valence electrons. The first-order valence-corrected chi connectivity index (χ1v) is 5.98. The van der Waals surface area contributed by atoms with Gasteiger partial charge in [0, 0.05) is 6.54 Å². The van der Waals surface area contributed by atoms with Crippen LogP contribution in [0, 0.1) is 31.0 Å². The minimum atomic E-state index is -0.684. The van der Waals surface area contributed by atoms with Crippen molar-refractivity contribution in [3.8, 4) is 11.8 Å². The zero-order valence-electron chi connectivity index (χ0n) is 11.1. The highest BCUT2D eigenvalue weighted by Crippen LogP contribution is 2.19. The van der Waals surface area contributed by atoms with Crippen molar-refractivity contribution in [1.29, 1.82) is 5.26 Å². The smallest absolute Gasteiger partial charge is 0.167 e. The van der Waals surface area contributed by atoms with Crippen LogP contribution in [0.15, 0.2) is 18.2 Å². The number of phenols is 1. The average Bonchev–Trinajstić information content (AvgIpc) is 2.44. The quantitative estimate of drug-likeness (QED) is 0.896. The minimum Gasteiger partial charge on any atom is -0.505 e. The molecule has 0 fully saturated rings. The highest BCUT2D eigenvalue weighted by atomic mass is 19.1. The first-order valence-electron chi connectivity index (χ1n) is 5.98. The first-order chi connectivity index (χ1) is 9.52. The molecule has 0 amide bonds. The molecule has 20 heavy (non-hydrogen) atoms. The fourth-order valence-electron chi connectivity index (χ4n) is 1.72. The number of aryl methyl sites for hydroxylation is 1. The summed E-state index contributed by atoms with van der Waals surface area (Å²) in [6.45, 7) is 3.86. The molecule has 1 aromatic heterocycles. The topological polar surface area (TPSA) is 81.8 Å². The van der Waals surface area contributed by atoms with Crippen molar-refractivity contribution in [3.05, 3.63) is 46.4 Å². The molecule has 0 saturated heterocycles. The van der Waals surface area contributed by atoms with Crippen molar-refractivity contribution in [2.75, 3.05) is 5.32 Å². The predicted molar refractivity (Wildman–Crippen MR) is 71.6 cm³/mol. The lowest BCUT2D eigenvalue weighted by Gasteiger charge is -2.09. The van der Waals surface area contributed by atoms with E-state index in [1.165, 1.54) is 12.1 Å². The van der Waals surface area contributed by atoms with Gasteiger partial charge < -0.3 is 10.4 Å². The molecule has 2 rings (SSSR count). The van der Waals surface area contributed by atoms with Crippen LogP contribution in [-0.2, 0) is 6.54 Å². The van der Waals surface area contributed by atoms with E-state index < -0.39 is 11.6 Å². The molecule has 1 heterocycles. The number of hydrogen-bond donors (Lipinski definition) is 2. The van der Waals surface area contributed by atoms with Gasteiger partial charge in [0.05, 0.1) is 5.69 Å². The third kappa shape index (κ3) is 2.67. The molecule has 0 aliphatic heterocycles. The lowest BCUT2D eigenvalue weighted by Crippen LogP contribution is -2.07. The zero-order chi connectivity index (χ0) is 14.7. The van der Waals surface area contributed by atoms with E-state index in [4.69, 9.17) is 10.4 Å². The van der Waals surface area contributed by atoms with Crippen LogP contribution in [0.2, 0.25) is 0 Å². The first kappa shape index (κ1) is 13.7. The van der Waals surface area contributed by atoms with Gasteiger partial charge >= 0.3 is 0 Å². The van der Waals surface area contributed by atoms with E-state index in [1.54, 1.807) is 19.9 Å². The van der Waals surface area contributed by atoms with E-state index in [9.17, 15) is 4.39 Å². The molecular formula is C14H13FN4O. The Hall–Kier alpha value is -2.68.